The Morgan fingerprint density at radius 1 is 1.00 bits per heavy atom. The van der Waals surface area contributed by atoms with Crippen molar-refractivity contribution in [3.8, 4) is 5.75 Å². The second-order valence-electron chi connectivity index (χ2n) is 9.44. The predicted molar refractivity (Wildman–Crippen MR) is 145 cm³/mol. The highest BCUT2D eigenvalue weighted by Crippen LogP contribution is 2.24. The number of nitrogens with two attached hydrogens (primary N) is 2. The van der Waals surface area contributed by atoms with Gasteiger partial charge in [0.05, 0.1) is 13.2 Å². The van der Waals surface area contributed by atoms with E-state index in [1.54, 1.807) is 32.0 Å². The molecule has 38 heavy (non-hydrogen) atoms. The first-order valence-electron chi connectivity index (χ1n) is 13.1. The molecule has 0 unspecified atom stereocenters. The van der Waals surface area contributed by atoms with Crippen molar-refractivity contribution in [2.75, 3.05) is 25.0 Å². The molecule has 0 radical (unpaired) electrons. The zero-order chi connectivity index (χ0) is 28.5. The molecule has 0 bridgehead atoms. The average Bonchev–Trinajstić information content (AvgIpc) is 2.86. The average molecular weight is 537 g/mol. The normalized spacial score (nSPS) is 12.4. The van der Waals surface area contributed by atoms with E-state index in [4.69, 9.17) is 16.2 Å². The number of carbonyl (C=O) groups is 4. The first-order chi connectivity index (χ1) is 18.1. The van der Waals surface area contributed by atoms with Crippen LogP contribution in [0.1, 0.15) is 64.9 Å². The minimum absolute atomic E-state index is 0.208. The van der Waals surface area contributed by atoms with Crippen LogP contribution in [0.5, 0.6) is 5.75 Å². The maximum absolute atomic E-state index is 13.2. The molecule has 5 amide bonds. The molecule has 0 aliphatic heterocycles. The minimum atomic E-state index is -0.948. The van der Waals surface area contributed by atoms with Crippen LogP contribution in [0, 0.1) is 5.92 Å². The molecular formula is C26H44N6O6. The van der Waals surface area contributed by atoms with Crippen LogP contribution in [0.25, 0.3) is 0 Å². The standard InChI is InChI=1S/C26H44N6O6/c1-17(2)23(30-18(3)34)25(36)32-21(9-8-13-29-26(28)37)24(35)31-20-11-10-19(16-33)22(15-20)38-14-7-5-4-6-12-27/h10-11,15,17,21,23,33H,4-9,12-14,16,27H2,1-3H3,(H,30,34)(H,31,35)(H,32,36)(H3,28,29,37)/t21-,23-/m0/s1. The van der Waals surface area contributed by atoms with Gasteiger partial charge in [0, 0.05) is 30.8 Å². The van der Waals surface area contributed by atoms with Crippen molar-refractivity contribution in [2.24, 2.45) is 17.4 Å². The summed E-state index contributed by atoms with van der Waals surface area (Å²) in [6.45, 7) is 6.01. The van der Waals surface area contributed by atoms with E-state index in [9.17, 15) is 24.3 Å². The molecule has 0 saturated carbocycles. The number of hydrogen-bond acceptors (Lipinski definition) is 7. The third-order valence-corrected chi connectivity index (χ3v) is 5.77. The van der Waals surface area contributed by atoms with Crippen molar-refractivity contribution < 1.29 is 29.0 Å². The number of amides is 5. The molecule has 0 aliphatic rings. The summed E-state index contributed by atoms with van der Waals surface area (Å²) in [5.41, 5.74) is 11.6. The van der Waals surface area contributed by atoms with E-state index in [0.717, 1.165) is 25.7 Å². The number of primary amides is 1. The van der Waals surface area contributed by atoms with E-state index in [-0.39, 0.29) is 31.4 Å². The number of hydrogen-bond donors (Lipinski definition) is 7. The fourth-order valence-corrected chi connectivity index (χ4v) is 3.71. The lowest BCUT2D eigenvalue weighted by Gasteiger charge is -2.25. The summed E-state index contributed by atoms with van der Waals surface area (Å²) in [6, 6.07) is 2.48. The van der Waals surface area contributed by atoms with Gasteiger partial charge in [0.2, 0.25) is 17.7 Å². The number of carbonyl (C=O) groups excluding carboxylic acids is 4. The summed E-state index contributed by atoms with van der Waals surface area (Å²) >= 11 is 0. The molecule has 0 spiro atoms. The fourth-order valence-electron chi connectivity index (χ4n) is 3.71. The van der Waals surface area contributed by atoms with Crippen molar-refractivity contribution >= 4 is 29.4 Å². The monoisotopic (exact) mass is 536 g/mol. The van der Waals surface area contributed by atoms with Crippen molar-refractivity contribution in [3.05, 3.63) is 23.8 Å². The molecule has 12 nitrogen and oxygen atoms in total. The maximum atomic E-state index is 13.2. The van der Waals surface area contributed by atoms with Crippen molar-refractivity contribution in [3.63, 3.8) is 0 Å². The summed E-state index contributed by atoms with van der Waals surface area (Å²) in [6.07, 6.45) is 4.37. The Bertz CT molecular complexity index is 910. The Labute approximate surface area is 224 Å². The Morgan fingerprint density at radius 2 is 1.71 bits per heavy atom. The zero-order valence-electron chi connectivity index (χ0n) is 22.7. The Hall–Kier alpha value is -3.38. The fraction of sp³-hybridized carbons (Fsp3) is 0.615. The Kier molecular flexibility index (Phi) is 15.4. The highest BCUT2D eigenvalue weighted by molar-refractivity contribution is 5.98. The van der Waals surface area contributed by atoms with Crippen LogP contribution in [-0.4, -0.2) is 60.6 Å². The van der Waals surface area contributed by atoms with Crippen LogP contribution in [0.4, 0.5) is 10.5 Å². The molecule has 1 aromatic rings. The molecule has 0 heterocycles. The van der Waals surface area contributed by atoms with E-state index in [0.29, 0.717) is 36.6 Å². The van der Waals surface area contributed by atoms with Gasteiger partial charge >= 0.3 is 6.03 Å². The number of benzene rings is 1. The van der Waals surface area contributed by atoms with Gasteiger partial charge in [-0.1, -0.05) is 32.8 Å². The van der Waals surface area contributed by atoms with Gasteiger partial charge in [-0.25, -0.2) is 4.79 Å². The highest BCUT2D eigenvalue weighted by Gasteiger charge is 2.28. The van der Waals surface area contributed by atoms with Crippen molar-refractivity contribution in [1.82, 2.24) is 16.0 Å². The van der Waals surface area contributed by atoms with Crippen molar-refractivity contribution in [1.29, 1.82) is 0 Å². The van der Waals surface area contributed by atoms with Gasteiger partial charge in [-0.05, 0) is 44.2 Å². The van der Waals surface area contributed by atoms with Gasteiger partial charge in [-0.3, -0.25) is 14.4 Å². The Morgan fingerprint density at radius 3 is 2.32 bits per heavy atom. The molecule has 1 rings (SSSR count). The largest absolute Gasteiger partial charge is 0.493 e. The lowest BCUT2D eigenvalue weighted by molar-refractivity contribution is -0.131. The second-order valence-corrected chi connectivity index (χ2v) is 9.44. The third kappa shape index (κ3) is 12.7. The third-order valence-electron chi connectivity index (χ3n) is 5.77. The van der Waals surface area contributed by atoms with E-state index in [1.165, 1.54) is 6.92 Å². The van der Waals surface area contributed by atoms with Crippen LogP contribution in [0.3, 0.4) is 0 Å². The van der Waals surface area contributed by atoms with Gasteiger partial charge in [0.15, 0.2) is 0 Å². The molecule has 12 heteroatoms. The van der Waals surface area contributed by atoms with Crippen LogP contribution < -0.4 is 37.5 Å². The number of nitrogens with one attached hydrogen (secondary N) is 4. The second kappa shape index (κ2) is 18.0. The molecule has 0 aliphatic carbocycles. The number of ether oxygens (including phenoxy) is 1. The summed E-state index contributed by atoms with van der Waals surface area (Å²) in [7, 11) is 0. The van der Waals surface area contributed by atoms with E-state index in [2.05, 4.69) is 21.3 Å². The van der Waals surface area contributed by atoms with Crippen molar-refractivity contribution in [2.45, 2.75) is 78.0 Å². The molecule has 0 aromatic heterocycles. The summed E-state index contributed by atoms with van der Waals surface area (Å²) in [4.78, 5) is 48.7. The minimum Gasteiger partial charge on any atom is -0.493 e. The van der Waals surface area contributed by atoms with Gasteiger partial charge in [-0.2, -0.15) is 0 Å². The number of aliphatic hydroxyl groups excluding tert-OH is 1. The summed E-state index contributed by atoms with van der Waals surface area (Å²) < 4.78 is 5.85. The van der Waals surface area contributed by atoms with E-state index >= 15 is 0 Å². The molecule has 214 valence electrons. The molecule has 9 N–H and O–H groups in total. The van der Waals surface area contributed by atoms with Crippen LogP contribution in [-0.2, 0) is 21.0 Å². The van der Waals surface area contributed by atoms with Crippen LogP contribution in [0.2, 0.25) is 0 Å². The lowest BCUT2D eigenvalue weighted by Crippen LogP contribution is -2.54. The first-order valence-corrected chi connectivity index (χ1v) is 13.1. The van der Waals surface area contributed by atoms with Gasteiger partial charge in [0.25, 0.3) is 0 Å². The number of rotatable bonds is 18. The lowest BCUT2D eigenvalue weighted by atomic mass is 10.0. The van der Waals surface area contributed by atoms with Crippen LogP contribution in [0.15, 0.2) is 18.2 Å². The molecule has 0 saturated heterocycles. The molecule has 2 atom stereocenters. The van der Waals surface area contributed by atoms with Gasteiger partial charge < -0.3 is 42.6 Å². The summed E-state index contributed by atoms with van der Waals surface area (Å²) in [5, 5.41) is 20.2. The van der Waals surface area contributed by atoms with E-state index in [1.807, 2.05) is 0 Å². The van der Waals surface area contributed by atoms with Gasteiger partial charge in [-0.15, -0.1) is 0 Å². The summed E-state index contributed by atoms with van der Waals surface area (Å²) in [5.74, 6) is -1.08. The topological polar surface area (TPSA) is 198 Å². The van der Waals surface area contributed by atoms with E-state index < -0.39 is 29.9 Å². The molecule has 0 fully saturated rings. The number of unbranched alkanes of at least 4 members (excludes halogenated alkanes) is 3. The quantitative estimate of drug-likeness (QED) is 0.136. The SMILES string of the molecule is CC(=O)N[C@H](C(=O)N[C@@H](CCCNC(N)=O)C(=O)Nc1ccc(CO)c(OCCCCCCN)c1)C(C)C. The van der Waals surface area contributed by atoms with Gasteiger partial charge in [0.1, 0.15) is 17.8 Å². The first kappa shape index (κ1) is 32.6. The number of urea groups is 1. The molecule has 1 aromatic carbocycles. The predicted octanol–water partition coefficient (Wildman–Crippen LogP) is 1.11. The number of aliphatic hydroxyl groups is 1. The molecular weight excluding hydrogens is 492 g/mol. The Balaban J connectivity index is 2.95. The highest BCUT2D eigenvalue weighted by atomic mass is 16.5. The maximum Gasteiger partial charge on any atom is 0.312 e. The smallest absolute Gasteiger partial charge is 0.312 e. The van der Waals surface area contributed by atoms with Crippen LogP contribution >= 0.6 is 0 Å². The zero-order valence-corrected chi connectivity index (χ0v) is 22.7. The number of anilines is 1.